The third kappa shape index (κ3) is 3.56. The smallest absolute Gasteiger partial charge is 0.0426 e. The van der Waals surface area contributed by atoms with E-state index in [2.05, 4.69) is 54.8 Å². The molecule has 3 nitrogen and oxygen atoms in total. The summed E-state index contributed by atoms with van der Waals surface area (Å²) in [5.74, 6) is 0. The molecule has 0 bridgehead atoms. The average molecular weight is 261 g/mol. The topological polar surface area (TPSA) is 32.5 Å². The maximum atomic E-state index is 6.38. The minimum Gasteiger partial charge on any atom is -0.323 e. The second-order valence-corrected chi connectivity index (χ2v) is 5.70. The van der Waals surface area contributed by atoms with Gasteiger partial charge in [0.15, 0.2) is 0 Å². The van der Waals surface area contributed by atoms with Gasteiger partial charge >= 0.3 is 0 Å². The fourth-order valence-electron chi connectivity index (χ4n) is 3.09. The quantitative estimate of drug-likeness (QED) is 0.900. The van der Waals surface area contributed by atoms with Crippen LogP contribution in [0.5, 0.6) is 0 Å². The van der Waals surface area contributed by atoms with E-state index in [1.165, 1.54) is 11.1 Å². The third-order valence-corrected chi connectivity index (χ3v) is 4.30. The first-order chi connectivity index (χ1) is 9.11. The summed E-state index contributed by atoms with van der Waals surface area (Å²) in [6, 6.07) is 9.23. The zero-order chi connectivity index (χ0) is 13.8. The number of hydrogen-bond donors (Lipinski definition) is 1. The van der Waals surface area contributed by atoms with Crippen molar-refractivity contribution in [2.45, 2.75) is 32.9 Å². The van der Waals surface area contributed by atoms with Gasteiger partial charge < -0.3 is 5.73 Å². The predicted octanol–water partition coefficient (Wildman–Crippen LogP) is 2.02. The van der Waals surface area contributed by atoms with Crippen molar-refractivity contribution in [3.63, 3.8) is 0 Å². The monoisotopic (exact) mass is 261 g/mol. The molecule has 2 unspecified atom stereocenters. The molecule has 0 saturated carbocycles. The van der Waals surface area contributed by atoms with Gasteiger partial charge in [0.05, 0.1) is 0 Å². The zero-order valence-corrected chi connectivity index (χ0v) is 12.5. The number of nitrogens with zero attached hydrogens (tertiary/aromatic N) is 2. The van der Waals surface area contributed by atoms with Gasteiger partial charge in [-0.25, -0.2) is 0 Å². The van der Waals surface area contributed by atoms with Gasteiger partial charge in [0.25, 0.3) is 0 Å². The normalized spacial score (nSPS) is 23.5. The molecule has 1 saturated heterocycles. The average Bonchev–Trinajstić information content (AvgIpc) is 2.39. The van der Waals surface area contributed by atoms with Crippen molar-refractivity contribution in [3.8, 4) is 0 Å². The molecular weight excluding hydrogens is 234 g/mol. The molecule has 0 spiro atoms. The van der Waals surface area contributed by atoms with Crippen LogP contribution in [0.1, 0.15) is 31.0 Å². The largest absolute Gasteiger partial charge is 0.323 e. The Balaban J connectivity index is 1.93. The number of nitrogens with two attached hydrogens (primary N) is 1. The standard InChI is InChI=1S/C16H27N3/c1-4-19-10-9-18(11-14(19)3)12-16(17)15-8-6-5-7-13(15)2/h5-8,14,16H,4,9-12,17H2,1-3H3. The SMILES string of the molecule is CCN1CCN(CC(N)c2ccccc2C)CC1C. The van der Waals surface area contributed by atoms with Gasteiger partial charge in [0.2, 0.25) is 0 Å². The zero-order valence-electron chi connectivity index (χ0n) is 12.5. The van der Waals surface area contributed by atoms with Gasteiger partial charge in [0, 0.05) is 38.3 Å². The van der Waals surface area contributed by atoms with E-state index in [0.29, 0.717) is 6.04 Å². The minimum absolute atomic E-state index is 0.126. The molecule has 0 amide bonds. The Kier molecular flexibility index (Phi) is 4.97. The highest BCUT2D eigenvalue weighted by molar-refractivity contribution is 5.28. The van der Waals surface area contributed by atoms with Gasteiger partial charge in [-0.05, 0) is 31.5 Å². The first-order valence-electron chi connectivity index (χ1n) is 7.39. The van der Waals surface area contributed by atoms with E-state index < -0.39 is 0 Å². The molecule has 2 atom stereocenters. The van der Waals surface area contributed by atoms with Crippen LogP contribution in [0.4, 0.5) is 0 Å². The number of likely N-dealkylation sites (N-methyl/N-ethyl adjacent to an activating group) is 1. The summed E-state index contributed by atoms with van der Waals surface area (Å²) in [7, 11) is 0. The summed E-state index contributed by atoms with van der Waals surface area (Å²) >= 11 is 0. The highest BCUT2D eigenvalue weighted by atomic mass is 15.3. The molecule has 3 heteroatoms. The van der Waals surface area contributed by atoms with Gasteiger partial charge in [0.1, 0.15) is 0 Å². The number of hydrogen-bond acceptors (Lipinski definition) is 3. The Morgan fingerprint density at radius 2 is 2.05 bits per heavy atom. The molecule has 0 radical (unpaired) electrons. The summed E-state index contributed by atoms with van der Waals surface area (Å²) in [6.45, 7) is 12.3. The van der Waals surface area contributed by atoms with Gasteiger partial charge in [-0.2, -0.15) is 0 Å². The summed E-state index contributed by atoms with van der Waals surface area (Å²) in [6.07, 6.45) is 0. The molecule has 19 heavy (non-hydrogen) atoms. The molecule has 1 heterocycles. The second kappa shape index (κ2) is 6.51. The lowest BCUT2D eigenvalue weighted by molar-refractivity contribution is 0.0841. The highest BCUT2D eigenvalue weighted by Crippen LogP contribution is 2.18. The molecule has 1 aromatic rings. The lowest BCUT2D eigenvalue weighted by atomic mass is 10.0. The minimum atomic E-state index is 0.126. The van der Waals surface area contributed by atoms with Gasteiger partial charge in [-0.3, -0.25) is 9.80 Å². The Morgan fingerprint density at radius 1 is 1.32 bits per heavy atom. The van der Waals surface area contributed by atoms with E-state index in [-0.39, 0.29) is 6.04 Å². The van der Waals surface area contributed by atoms with Gasteiger partial charge in [-0.1, -0.05) is 31.2 Å². The fraction of sp³-hybridized carbons (Fsp3) is 0.625. The van der Waals surface area contributed by atoms with Gasteiger partial charge in [-0.15, -0.1) is 0 Å². The molecule has 0 aromatic heterocycles. The molecule has 2 N–H and O–H groups in total. The first-order valence-corrected chi connectivity index (χ1v) is 7.39. The molecule has 1 aliphatic rings. The molecule has 1 fully saturated rings. The molecule has 2 rings (SSSR count). The van der Waals surface area contributed by atoms with E-state index in [0.717, 1.165) is 32.7 Å². The van der Waals surface area contributed by atoms with E-state index >= 15 is 0 Å². The van der Waals surface area contributed by atoms with Crippen molar-refractivity contribution in [1.29, 1.82) is 0 Å². The summed E-state index contributed by atoms with van der Waals surface area (Å²) in [4.78, 5) is 5.05. The summed E-state index contributed by atoms with van der Waals surface area (Å²) in [5.41, 5.74) is 8.97. The molecule has 0 aliphatic carbocycles. The maximum absolute atomic E-state index is 6.38. The summed E-state index contributed by atoms with van der Waals surface area (Å²) in [5, 5.41) is 0. The number of piperazine rings is 1. The van der Waals surface area contributed by atoms with Crippen LogP contribution in [0.3, 0.4) is 0 Å². The van der Waals surface area contributed by atoms with E-state index in [4.69, 9.17) is 5.73 Å². The van der Waals surface area contributed by atoms with E-state index in [1.54, 1.807) is 0 Å². The number of benzene rings is 1. The highest BCUT2D eigenvalue weighted by Gasteiger charge is 2.23. The van der Waals surface area contributed by atoms with Crippen LogP contribution < -0.4 is 5.73 Å². The van der Waals surface area contributed by atoms with Crippen molar-refractivity contribution in [3.05, 3.63) is 35.4 Å². The number of rotatable bonds is 4. The van der Waals surface area contributed by atoms with Crippen molar-refractivity contribution in [2.75, 3.05) is 32.7 Å². The van der Waals surface area contributed by atoms with Crippen LogP contribution in [0, 0.1) is 6.92 Å². The van der Waals surface area contributed by atoms with Crippen LogP contribution in [0.15, 0.2) is 24.3 Å². The number of aryl methyl sites for hydroxylation is 1. The Bertz CT molecular complexity index is 405. The fourth-order valence-corrected chi connectivity index (χ4v) is 3.09. The molecule has 1 aliphatic heterocycles. The van der Waals surface area contributed by atoms with Crippen LogP contribution in [-0.2, 0) is 0 Å². The van der Waals surface area contributed by atoms with Crippen LogP contribution >= 0.6 is 0 Å². The lowest BCUT2D eigenvalue weighted by Crippen LogP contribution is -2.52. The third-order valence-electron chi connectivity index (χ3n) is 4.30. The molecule has 106 valence electrons. The summed E-state index contributed by atoms with van der Waals surface area (Å²) < 4.78 is 0. The molecular formula is C16H27N3. The first kappa shape index (κ1) is 14.5. The molecule has 1 aromatic carbocycles. The maximum Gasteiger partial charge on any atom is 0.0426 e. The van der Waals surface area contributed by atoms with Crippen molar-refractivity contribution >= 4 is 0 Å². The lowest BCUT2D eigenvalue weighted by Gasteiger charge is -2.40. The van der Waals surface area contributed by atoms with Crippen LogP contribution in [0.25, 0.3) is 0 Å². The van der Waals surface area contributed by atoms with Crippen molar-refractivity contribution in [2.24, 2.45) is 5.73 Å². The van der Waals surface area contributed by atoms with Crippen molar-refractivity contribution in [1.82, 2.24) is 9.80 Å². The Labute approximate surface area is 117 Å². The van der Waals surface area contributed by atoms with Crippen LogP contribution in [-0.4, -0.2) is 48.6 Å². The van der Waals surface area contributed by atoms with E-state index in [9.17, 15) is 0 Å². The van der Waals surface area contributed by atoms with Crippen LogP contribution in [0.2, 0.25) is 0 Å². The Morgan fingerprint density at radius 3 is 2.68 bits per heavy atom. The Hall–Kier alpha value is -0.900. The van der Waals surface area contributed by atoms with E-state index in [1.807, 2.05) is 0 Å². The van der Waals surface area contributed by atoms with Crippen molar-refractivity contribution < 1.29 is 0 Å². The predicted molar refractivity (Wildman–Crippen MR) is 81.3 cm³/mol. The second-order valence-electron chi connectivity index (χ2n) is 5.70.